The van der Waals surface area contributed by atoms with E-state index in [1.165, 1.54) is 18.2 Å². The summed E-state index contributed by atoms with van der Waals surface area (Å²) in [6.45, 7) is 1.83. The zero-order valence-corrected chi connectivity index (χ0v) is 11.9. The SMILES string of the molecule is CC(CCCCl)NC(=O)c1ccc(Cl)cc1[N+](=O)[O-]. The first-order valence-electron chi connectivity index (χ1n) is 5.76. The van der Waals surface area contributed by atoms with Gasteiger partial charge >= 0.3 is 0 Å². The van der Waals surface area contributed by atoms with Gasteiger partial charge in [0.25, 0.3) is 11.6 Å². The van der Waals surface area contributed by atoms with Crippen molar-refractivity contribution in [2.24, 2.45) is 0 Å². The van der Waals surface area contributed by atoms with Gasteiger partial charge in [0.15, 0.2) is 0 Å². The predicted molar refractivity (Wildman–Crippen MR) is 75.0 cm³/mol. The first-order valence-corrected chi connectivity index (χ1v) is 6.67. The van der Waals surface area contributed by atoms with E-state index in [9.17, 15) is 14.9 Å². The Hall–Kier alpha value is -1.33. The molecular formula is C12H14Cl2N2O3. The fourth-order valence-electron chi connectivity index (χ4n) is 1.60. The minimum atomic E-state index is -0.621. The molecule has 0 aliphatic rings. The summed E-state index contributed by atoms with van der Waals surface area (Å²) in [5.41, 5.74) is -0.290. The maximum absolute atomic E-state index is 12.0. The van der Waals surface area contributed by atoms with Gasteiger partial charge in [-0.1, -0.05) is 11.6 Å². The molecule has 0 aromatic heterocycles. The minimum absolute atomic E-state index is 0.00660. The lowest BCUT2D eigenvalue weighted by Gasteiger charge is -2.13. The van der Waals surface area contributed by atoms with Gasteiger partial charge in [0.1, 0.15) is 5.56 Å². The van der Waals surface area contributed by atoms with E-state index in [0.717, 1.165) is 12.8 Å². The Bertz CT molecular complexity index is 480. The molecule has 19 heavy (non-hydrogen) atoms. The normalized spacial score (nSPS) is 11.9. The van der Waals surface area contributed by atoms with Crippen LogP contribution in [0.2, 0.25) is 5.02 Å². The fourth-order valence-corrected chi connectivity index (χ4v) is 1.93. The van der Waals surface area contributed by atoms with E-state index in [0.29, 0.717) is 5.88 Å². The largest absolute Gasteiger partial charge is 0.349 e. The van der Waals surface area contributed by atoms with E-state index < -0.39 is 10.8 Å². The molecular weight excluding hydrogens is 291 g/mol. The number of nitrogens with one attached hydrogen (secondary N) is 1. The van der Waals surface area contributed by atoms with E-state index in [4.69, 9.17) is 23.2 Å². The Kier molecular flexibility index (Phi) is 6.05. The molecule has 5 nitrogen and oxygen atoms in total. The van der Waals surface area contributed by atoms with Gasteiger partial charge in [-0.2, -0.15) is 0 Å². The van der Waals surface area contributed by atoms with Crippen molar-refractivity contribution >= 4 is 34.8 Å². The van der Waals surface area contributed by atoms with Gasteiger partial charge in [-0.05, 0) is 31.9 Å². The highest BCUT2D eigenvalue weighted by Crippen LogP contribution is 2.23. The van der Waals surface area contributed by atoms with E-state index in [1.807, 2.05) is 6.92 Å². The number of hydrogen-bond acceptors (Lipinski definition) is 3. The highest BCUT2D eigenvalue weighted by Gasteiger charge is 2.21. The summed E-state index contributed by atoms with van der Waals surface area (Å²) < 4.78 is 0. The molecule has 7 heteroatoms. The van der Waals surface area contributed by atoms with Crippen LogP contribution in [-0.4, -0.2) is 22.8 Å². The fraction of sp³-hybridized carbons (Fsp3) is 0.417. The third-order valence-corrected chi connectivity index (χ3v) is 3.05. The van der Waals surface area contributed by atoms with Gasteiger partial charge in [0.05, 0.1) is 4.92 Å². The number of halogens is 2. The van der Waals surface area contributed by atoms with Gasteiger partial charge in [-0.15, -0.1) is 11.6 Å². The van der Waals surface area contributed by atoms with Crippen molar-refractivity contribution in [2.75, 3.05) is 5.88 Å². The van der Waals surface area contributed by atoms with Gasteiger partial charge in [0.2, 0.25) is 0 Å². The molecule has 1 atom stereocenters. The third-order valence-electron chi connectivity index (χ3n) is 2.55. The molecule has 1 aromatic carbocycles. The number of amides is 1. The zero-order valence-electron chi connectivity index (χ0n) is 10.4. The number of alkyl halides is 1. The molecule has 104 valence electrons. The predicted octanol–water partition coefficient (Wildman–Crippen LogP) is 3.39. The van der Waals surface area contributed by atoms with Gasteiger partial charge < -0.3 is 5.32 Å². The highest BCUT2D eigenvalue weighted by atomic mass is 35.5. The van der Waals surface area contributed by atoms with Crippen molar-refractivity contribution in [1.29, 1.82) is 0 Å². The lowest BCUT2D eigenvalue weighted by Crippen LogP contribution is -2.33. The minimum Gasteiger partial charge on any atom is -0.349 e. The molecule has 1 amide bonds. The van der Waals surface area contributed by atoms with Crippen LogP contribution < -0.4 is 5.32 Å². The summed E-state index contributed by atoms with van der Waals surface area (Å²) in [7, 11) is 0. The van der Waals surface area contributed by atoms with Crippen molar-refractivity contribution in [3.8, 4) is 0 Å². The van der Waals surface area contributed by atoms with Crippen LogP contribution in [0.3, 0.4) is 0 Å². The van der Waals surface area contributed by atoms with Crippen LogP contribution in [0.5, 0.6) is 0 Å². The van der Waals surface area contributed by atoms with Crippen molar-refractivity contribution in [2.45, 2.75) is 25.8 Å². The summed E-state index contributed by atoms with van der Waals surface area (Å²) >= 11 is 11.3. The van der Waals surface area contributed by atoms with Gasteiger partial charge in [0, 0.05) is 23.0 Å². The van der Waals surface area contributed by atoms with Crippen LogP contribution in [0.4, 0.5) is 5.69 Å². The molecule has 0 heterocycles. The summed E-state index contributed by atoms with van der Waals surface area (Å²) in [4.78, 5) is 22.2. The Morgan fingerprint density at radius 2 is 2.21 bits per heavy atom. The Morgan fingerprint density at radius 1 is 1.53 bits per heavy atom. The maximum Gasteiger partial charge on any atom is 0.283 e. The number of carbonyl (C=O) groups is 1. The third kappa shape index (κ3) is 4.69. The Labute approximate surface area is 121 Å². The van der Waals surface area contributed by atoms with E-state index in [2.05, 4.69) is 5.32 Å². The number of carbonyl (C=O) groups excluding carboxylic acids is 1. The number of nitro benzene ring substituents is 1. The quantitative estimate of drug-likeness (QED) is 0.497. The zero-order chi connectivity index (χ0) is 14.4. The molecule has 1 rings (SSSR count). The summed E-state index contributed by atoms with van der Waals surface area (Å²) in [5.74, 6) is 0.0341. The van der Waals surface area contributed by atoms with Crippen LogP contribution in [0, 0.1) is 10.1 Å². The second-order valence-electron chi connectivity index (χ2n) is 4.12. The second kappa shape index (κ2) is 7.31. The number of benzene rings is 1. The van der Waals surface area contributed by atoms with Gasteiger partial charge in [-0.3, -0.25) is 14.9 Å². The molecule has 1 N–H and O–H groups in total. The molecule has 0 spiro atoms. The van der Waals surface area contributed by atoms with Crippen LogP contribution in [0.15, 0.2) is 18.2 Å². The highest BCUT2D eigenvalue weighted by molar-refractivity contribution is 6.31. The molecule has 0 radical (unpaired) electrons. The molecule has 0 saturated heterocycles. The van der Waals surface area contributed by atoms with Crippen LogP contribution in [0.25, 0.3) is 0 Å². The molecule has 0 bridgehead atoms. The van der Waals surface area contributed by atoms with Crippen LogP contribution in [0.1, 0.15) is 30.1 Å². The molecule has 0 saturated carbocycles. The standard InChI is InChI=1S/C12H14Cl2N2O3/c1-8(3-2-6-13)15-12(17)10-5-4-9(14)7-11(10)16(18)19/h4-5,7-8H,2-3,6H2,1H3,(H,15,17). The monoisotopic (exact) mass is 304 g/mol. The molecule has 0 aliphatic carbocycles. The van der Waals surface area contributed by atoms with Crippen molar-refractivity contribution in [3.05, 3.63) is 38.9 Å². The van der Waals surface area contributed by atoms with Crippen LogP contribution >= 0.6 is 23.2 Å². The smallest absolute Gasteiger partial charge is 0.283 e. The Morgan fingerprint density at radius 3 is 2.79 bits per heavy atom. The van der Waals surface area contributed by atoms with E-state index in [1.54, 1.807) is 0 Å². The molecule has 0 fully saturated rings. The maximum atomic E-state index is 12.0. The first kappa shape index (κ1) is 15.7. The van der Waals surface area contributed by atoms with Crippen LogP contribution in [-0.2, 0) is 0 Å². The number of rotatable bonds is 6. The Balaban J connectivity index is 2.85. The summed E-state index contributed by atoms with van der Waals surface area (Å²) in [6.07, 6.45) is 1.49. The molecule has 1 unspecified atom stereocenters. The van der Waals surface area contributed by atoms with Gasteiger partial charge in [-0.25, -0.2) is 0 Å². The number of hydrogen-bond donors (Lipinski definition) is 1. The summed E-state index contributed by atoms with van der Waals surface area (Å²) in [5, 5.41) is 13.8. The summed E-state index contributed by atoms with van der Waals surface area (Å²) in [6, 6.07) is 3.87. The number of nitrogens with zero attached hydrogens (tertiary/aromatic N) is 1. The average molecular weight is 305 g/mol. The first-order chi connectivity index (χ1) is 8.95. The second-order valence-corrected chi connectivity index (χ2v) is 4.94. The van der Waals surface area contributed by atoms with Crippen molar-refractivity contribution in [1.82, 2.24) is 5.32 Å². The van der Waals surface area contributed by atoms with E-state index in [-0.39, 0.29) is 22.3 Å². The topological polar surface area (TPSA) is 72.2 Å². The number of nitro groups is 1. The average Bonchev–Trinajstić information content (AvgIpc) is 2.35. The molecule has 1 aromatic rings. The van der Waals surface area contributed by atoms with Crippen molar-refractivity contribution in [3.63, 3.8) is 0 Å². The van der Waals surface area contributed by atoms with E-state index >= 15 is 0 Å². The van der Waals surface area contributed by atoms with Crippen molar-refractivity contribution < 1.29 is 9.72 Å². The lowest BCUT2D eigenvalue weighted by atomic mass is 10.1. The lowest BCUT2D eigenvalue weighted by molar-refractivity contribution is -0.385. The molecule has 0 aliphatic heterocycles.